The summed E-state index contributed by atoms with van der Waals surface area (Å²) < 4.78 is 2.71. The lowest BCUT2D eigenvalue weighted by Gasteiger charge is -2.02. The molecule has 0 aliphatic rings. The minimum atomic E-state index is -1.06. The van der Waals surface area contributed by atoms with Crippen LogP contribution >= 0.6 is 54.8 Å². The highest BCUT2D eigenvalue weighted by Gasteiger charge is 2.21. The van der Waals surface area contributed by atoms with Gasteiger partial charge in [0.2, 0.25) is 5.75 Å². The number of phenolic OH excluding ortho intramolecular Hbond substituents is 1. The number of nitro benzene ring substituents is 2. The van der Waals surface area contributed by atoms with Crippen LogP contribution in [0.2, 0.25) is 5.02 Å². The standard InChI is InChI=1S/C13H7Br2N3O6.C9H6ClNO3S/c14-9-3-7(4-10(15)13(9)19)6-16-24-12-2-1-8(17(20)21)5-11(12)18(22)23;10-5-2-1-3-6-8(5)11(4-7(12)13)9(14)15-6/h1-6,19H;1-3H,4H2,(H,12,13)/b16-6+;. The molecule has 0 atom stereocenters. The zero-order valence-corrected chi connectivity index (χ0v) is 23.7. The Balaban J connectivity index is 0.000000239. The van der Waals surface area contributed by atoms with E-state index in [0.29, 0.717) is 29.7 Å². The van der Waals surface area contributed by atoms with Crippen molar-refractivity contribution >= 4 is 88.6 Å². The highest BCUT2D eigenvalue weighted by molar-refractivity contribution is 9.11. The van der Waals surface area contributed by atoms with Crippen molar-refractivity contribution in [2.45, 2.75) is 6.54 Å². The minimum Gasteiger partial charge on any atom is -0.506 e. The number of hydrogen-bond donors (Lipinski definition) is 2. The van der Waals surface area contributed by atoms with Gasteiger partial charge in [-0.05, 0) is 67.8 Å². The summed E-state index contributed by atoms with van der Waals surface area (Å²) in [4.78, 5) is 46.8. The molecule has 202 valence electrons. The lowest BCUT2D eigenvalue weighted by Crippen LogP contribution is -2.18. The molecule has 3 aromatic carbocycles. The van der Waals surface area contributed by atoms with Crippen LogP contribution in [0.4, 0.5) is 11.4 Å². The molecule has 13 nitrogen and oxygen atoms in total. The van der Waals surface area contributed by atoms with Gasteiger partial charge in [0.05, 0.1) is 46.3 Å². The summed E-state index contributed by atoms with van der Waals surface area (Å²) in [6.07, 6.45) is 1.26. The number of thiazole rings is 1. The Bertz CT molecular complexity index is 1670. The molecule has 0 saturated heterocycles. The Hall–Kier alpha value is -3.86. The SMILES string of the molecule is O=C(O)Cn1c(=O)sc2cccc(Cl)c21.O=[N+]([O-])c1ccc(O/N=C/c2cc(Br)c(O)c(Br)c2)c([N+](=O)[O-])c1. The molecule has 0 unspecified atom stereocenters. The van der Waals surface area contributed by atoms with Crippen molar-refractivity contribution in [1.29, 1.82) is 0 Å². The number of para-hydroxylation sites is 1. The Labute approximate surface area is 243 Å². The number of non-ortho nitro benzene ring substituents is 1. The largest absolute Gasteiger partial charge is 0.506 e. The Morgan fingerprint density at radius 3 is 2.38 bits per heavy atom. The molecule has 2 N–H and O–H groups in total. The maximum absolute atomic E-state index is 11.5. The second-order valence-corrected chi connectivity index (χ2v) is 10.4. The number of carboxylic acids is 1. The number of aliphatic carboxylic acids is 1. The van der Waals surface area contributed by atoms with Crippen molar-refractivity contribution in [1.82, 2.24) is 4.57 Å². The first-order valence-electron chi connectivity index (χ1n) is 10.2. The highest BCUT2D eigenvalue weighted by Crippen LogP contribution is 2.33. The van der Waals surface area contributed by atoms with E-state index >= 15 is 0 Å². The number of hydrogen-bond acceptors (Lipinski definition) is 10. The van der Waals surface area contributed by atoms with Crippen LogP contribution in [-0.2, 0) is 11.3 Å². The molecule has 0 spiro atoms. The van der Waals surface area contributed by atoms with Crippen LogP contribution < -0.4 is 9.71 Å². The van der Waals surface area contributed by atoms with Gasteiger partial charge in [-0.2, -0.15) is 0 Å². The number of halogens is 3. The minimum absolute atomic E-state index is 0.0130. The van der Waals surface area contributed by atoms with E-state index in [1.807, 2.05) is 0 Å². The van der Waals surface area contributed by atoms with Crippen LogP contribution in [-0.4, -0.2) is 36.8 Å². The summed E-state index contributed by atoms with van der Waals surface area (Å²) in [6, 6.07) is 11.2. The number of carbonyl (C=O) groups is 1. The van der Waals surface area contributed by atoms with Gasteiger partial charge in [-0.1, -0.05) is 34.2 Å². The topological polar surface area (TPSA) is 187 Å². The molecule has 17 heteroatoms. The van der Waals surface area contributed by atoms with E-state index in [-0.39, 0.29) is 22.9 Å². The average molecular weight is 705 g/mol. The molecule has 0 fully saturated rings. The van der Waals surface area contributed by atoms with Gasteiger partial charge in [0.15, 0.2) is 0 Å². The molecule has 0 bridgehead atoms. The number of phenols is 1. The first-order valence-corrected chi connectivity index (χ1v) is 13.0. The molecule has 0 amide bonds. The monoisotopic (exact) mass is 702 g/mol. The third-order valence-electron chi connectivity index (χ3n) is 4.67. The van der Waals surface area contributed by atoms with E-state index in [2.05, 4.69) is 37.0 Å². The molecule has 4 aromatic rings. The number of benzene rings is 3. The van der Waals surface area contributed by atoms with E-state index in [9.17, 15) is 34.9 Å². The van der Waals surface area contributed by atoms with E-state index in [1.54, 1.807) is 30.3 Å². The molecular formula is C22H13Br2ClN4O9S. The Morgan fingerprint density at radius 1 is 1.13 bits per heavy atom. The zero-order chi connectivity index (χ0) is 28.9. The second kappa shape index (κ2) is 12.8. The van der Waals surface area contributed by atoms with Crippen LogP contribution in [0.3, 0.4) is 0 Å². The van der Waals surface area contributed by atoms with Crippen LogP contribution in [0.1, 0.15) is 5.56 Å². The number of fused-ring (bicyclic) bond motifs is 1. The van der Waals surface area contributed by atoms with E-state index in [4.69, 9.17) is 21.5 Å². The fraction of sp³-hybridized carbons (Fsp3) is 0.0455. The van der Waals surface area contributed by atoms with Gasteiger partial charge < -0.3 is 15.1 Å². The molecular weight excluding hydrogens is 692 g/mol. The number of aromatic nitrogens is 1. The van der Waals surface area contributed by atoms with Crippen LogP contribution in [0.25, 0.3) is 10.2 Å². The third-order valence-corrected chi connectivity index (χ3v) is 7.13. The van der Waals surface area contributed by atoms with Gasteiger partial charge in [-0.3, -0.25) is 34.4 Å². The van der Waals surface area contributed by atoms with Crippen molar-refractivity contribution < 1.29 is 29.7 Å². The molecule has 0 radical (unpaired) electrons. The molecule has 0 saturated carbocycles. The number of carboxylic acid groups (broad SMARTS) is 1. The average Bonchev–Trinajstić information content (AvgIpc) is 3.18. The lowest BCUT2D eigenvalue weighted by molar-refractivity contribution is -0.394. The number of nitro groups is 2. The predicted molar refractivity (Wildman–Crippen MR) is 150 cm³/mol. The van der Waals surface area contributed by atoms with Crippen molar-refractivity contribution in [3.8, 4) is 11.5 Å². The summed E-state index contributed by atoms with van der Waals surface area (Å²) in [6.45, 7) is -0.359. The summed E-state index contributed by atoms with van der Waals surface area (Å²) in [5, 5.41) is 43.9. The molecule has 1 aromatic heterocycles. The summed E-state index contributed by atoms with van der Waals surface area (Å²) in [5.74, 6) is -1.28. The van der Waals surface area contributed by atoms with Crippen molar-refractivity contribution in [3.05, 3.63) is 98.0 Å². The van der Waals surface area contributed by atoms with Gasteiger partial charge in [0.1, 0.15) is 12.3 Å². The number of oxime groups is 1. The smallest absolute Gasteiger partial charge is 0.323 e. The fourth-order valence-electron chi connectivity index (χ4n) is 3.00. The first kappa shape index (κ1) is 29.7. The molecule has 0 aliphatic carbocycles. The molecule has 4 rings (SSSR count). The predicted octanol–water partition coefficient (Wildman–Crippen LogP) is 5.95. The first-order chi connectivity index (χ1) is 18.4. The molecule has 0 aliphatic heterocycles. The van der Waals surface area contributed by atoms with Gasteiger partial charge in [0.25, 0.3) is 5.69 Å². The number of aromatic hydroxyl groups is 1. The van der Waals surface area contributed by atoms with Crippen LogP contribution in [0.5, 0.6) is 11.5 Å². The van der Waals surface area contributed by atoms with Crippen molar-refractivity contribution in [2.24, 2.45) is 5.16 Å². The molecule has 1 heterocycles. The highest BCUT2D eigenvalue weighted by atomic mass is 79.9. The number of rotatable bonds is 7. The van der Waals surface area contributed by atoms with E-state index in [1.165, 1.54) is 10.8 Å². The van der Waals surface area contributed by atoms with Crippen LogP contribution in [0.15, 0.2) is 67.4 Å². The Morgan fingerprint density at radius 2 is 1.79 bits per heavy atom. The van der Waals surface area contributed by atoms with Crippen molar-refractivity contribution in [3.63, 3.8) is 0 Å². The van der Waals surface area contributed by atoms with Gasteiger partial charge >= 0.3 is 16.5 Å². The summed E-state index contributed by atoms with van der Waals surface area (Å²) >= 11 is 13.2. The molecule has 39 heavy (non-hydrogen) atoms. The Kier molecular flexibility index (Phi) is 9.74. The fourth-order valence-corrected chi connectivity index (χ4v) is 5.47. The van der Waals surface area contributed by atoms with E-state index < -0.39 is 27.2 Å². The van der Waals surface area contributed by atoms with Gasteiger partial charge in [0, 0.05) is 6.07 Å². The quantitative estimate of drug-likeness (QED) is 0.133. The normalized spacial score (nSPS) is 10.7. The maximum Gasteiger partial charge on any atom is 0.323 e. The van der Waals surface area contributed by atoms with Gasteiger partial charge in [-0.15, -0.1) is 0 Å². The lowest BCUT2D eigenvalue weighted by atomic mass is 10.2. The number of nitrogens with zero attached hydrogens (tertiary/aromatic N) is 4. The van der Waals surface area contributed by atoms with Crippen molar-refractivity contribution in [2.75, 3.05) is 0 Å². The third kappa shape index (κ3) is 7.38. The second-order valence-electron chi connectivity index (χ2n) is 7.26. The van der Waals surface area contributed by atoms with Crippen LogP contribution in [0, 0.1) is 20.2 Å². The van der Waals surface area contributed by atoms with E-state index in [0.717, 1.165) is 29.5 Å². The maximum atomic E-state index is 11.5. The zero-order valence-electron chi connectivity index (χ0n) is 19.0. The van der Waals surface area contributed by atoms with Gasteiger partial charge in [-0.25, -0.2) is 0 Å². The summed E-state index contributed by atoms with van der Waals surface area (Å²) in [7, 11) is 0. The summed E-state index contributed by atoms with van der Waals surface area (Å²) in [5.41, 5.74) is 0.0338.